The molecule has 1 N–H and O–H groups in total. The summed E-state index contributed by atoms with van der Waals surface area (Å²) >= 11 is 1.52. The van der Waals surface area contributed by atoms with Gasteiger partial charge in [0.15, 0.2) is 0 Å². The molecular formula is C13H19NO3S. The zero-order chi connectivity index (χ0) is 13.4. The zero-order valence-electron chi connectivity index (χ0n) is 10.9. The first kappa shape index (κ1) is 14.9. The van der Waals surface area contributed by atoms with E-state index >= 15 is 0 Å². The number of thioether (sulfide) groups is 1. The van der Waals surface area contributed by atoms with Crippen molar-refractivity contribution in [1.82, 2.24) is 5.32 Å². The molecule has 18 heavy (non-hydrogen) atoms. The van der Waals surface area contributed by atoms with Crippen molar-refractivity contribution in [3.63, 3.8) is 0 Å². The molecule has 1 atom stereocenters. The van der Waals surface area contributed by atoms with Crippen LogP contribution in [0.3, 0.4) is 0 Å². The Labute approximate surface area is 112 Å². The SMILES string of the molecule is COCCNC(=O)[C@H](C)Sc1ccc(OC)cc1. The van der Waals surface area contributed by atoms with E-state index in [0.29, 0.717) is 13.2 Å². The van der Waals surface area contributed by atoms with Crippen molar-refractivity contribution in [3.8, 4) is 5.75 Å². The van der Waals surface area contributed by atoms with Crippen molar-refractivity contribution >= 4 is 17.7 Å². The fourth-order valence-corrected chi connectivity index (χ4v) is 2.22. The topological polar surface area (TPSA) is 47.6 Å². The van der Waals surface area contributed by atoms with E-state index < -0.39 is 0 Å². The summed E-state index contributed by atoms with van der Waals surface area (Å²) in [4.78, 5) is 12.8. The van der Waals surface area contributed by atoms with Crippen molar-refractivity contribution in [2.24, 2.45) is 0 Å². The Morgan fingerprint density at radius 1 is 1.33 bits per heavy atom. The molecule has 0 radical (unpaired) electrons. The van der Waals surface area contributed by atoms with Gasteiger partial charge in [-0.3, -0.25) is 4.79 Å². The van der Waals surface area contributed by atoms with Crippen LogP contribution in [-0.2, 0) is 9.53 Å². The van der Waals surface area contributed by atoms with Gasteiger partial charge in [-0.25, -0.2) is 0 Å². The lowest BCUT2D eigenvalue weighted by Crippen LogP contribution is -2.33. The van der Waals surface area contributed by atoms with Gasteiger partial charge in [-0.1, -0.05) is 0 Å². The smallest absolute Gasteiger partial charge is 0.233 e. The Kier molecular flexibility index (Phi) is 6.60. The molecule has 1 amide bonds. The highest BCUT2D eigenvalue weighted by molar-refractivity contribution is 8.00. The zero-order valence-corrected chi connectivity index (χ0v) is 11.8. The summed E-state index contributed by atoms with van der Waals surface area (Å²) in [6.07, 6.45) is 0. The average molecular weight is 269 g/mol. The van der Waals surface area contributed by atoms with E-state index in [1.54, 1.807) is 14.2 Å². The number of carbonyl (C=O) groups is 1. The molecule has 100 valence electrons. The van der Waals surface area contributed by atoms with E-state index in [2.05, 4.69) is 5.32 Å². The van der Waals surface area contributed by atoms with Gasteiger partial charge < -0.3 is 14.8 Å². The normalized spacial score (nSPS) is 11.9. The summed E-state index contributed by atoms with van der Waals surface area (Å²) < 4.78 is 9.96. The molecule has 5 heteroatoms. The maximum absolute atomic E-state index is 11.7. The van der Waals surface area contributed by atoms with E-state index in [1.165, 1.54) is 11.8 Å². The van der Waals surface area contributed by atoms with Gasteiger partial charge in [-0.05, 0) is 31.2 Å². The van der Waals surface area contributed by atoms with E-state index in [4.69, 9.17) is 9.47 Å². The van der Waals surface area contributed by atoms with Crippen LogP contribution in [0.15, 0.2) is 29.2 Å². The quantitative estimate of drug-likeness (QED) is 0.607. The van der Waals surface area contributed by atoms with E-state index in [-0.39, 0.29) is 11.2 Å². The molecule has 0 spiro atoms. The van der Waals surface area contributed by atoms with Crippen LogP contribution < -0.4 is 10.1 Å². The first-order valence-corrected chi connectivity index (χ1v) is 6.62. The molecule has 0 aromatic heterocycles. The molecule has 1 aromatic carbocycles. The van der Waals surface area contributed by atoms with Gasteiger partial charge in [0, 0.05) is 18.6 Å². The highest BCUT2D eigenvalue weighted by atomic mass is 32.2. The van der Waals surface area contributed by atoms with Crippen molar-refractivity contribution in [1.29, 1.82) is 0 Å². The largest absolute Gasteiger partial charge is 0.497 e. The third-order valence-electron chi connectivity index (χ3n) is 2.35. The molecule has 0 unspecified atom stereocenters. The van der Waals surface area contributed by atoms with Gasteiger partial charge >= 0.3 is 0 Å². The Bertz CT molecular complexity index is 367. The molecule has 0 aliphatic heterocycles. The molecule has 1 rings (SSSR count). The molecule has 0 saturated heterocycles. The maximum Gasteiger partial charge on any atom is 0.233 e. The molecule has 0 fully saturated rings. The molecule has 1 aromatic rings. The molecule has 0 aliphatic carbocycles. The standard InChI is InChI=1S/C13H19NO3S/c1-10(13(15)14-8-9-16-2)18-12-6-4-11(17-3)5-7-12/h4-7,10H,8-9H2,1-3H3,(H,14,15)/t10-/m0/s1. The van der Waals surface area contributed by atoms with Crippen LogP contribution in [0.1, 0.15) is 6.92 Å². The molecule has 0 bridgehead atoms. The number of methoxy groups -OCH3 is 2. The van der Waals surface area contributed by atoms with E-state index in [9.17, 15) is 4.79 Å². The lowest BCUT2D eigenvalue weighted by molar-refractivity contribution is -0.120. The molecule has 0 heterocycles. The number of rotatable bonds is 7. The van der Waals surface area contributed by atoms with E-state index in [1.807, 2.05) is 31.2 Å². The Hall–Kier alpha value is -1.20. The number of amides is 1. The first-order chi connectivity index (χ1) is 8.67. The number of ether oxygens (including phenoxy) is 2. The van der Waals surface area contributed by atoms with Crippen molar-refractivity contribution in [2.75, 3.05) is 27.4 Å². The van der Waals surface area contributed by atoms with Crippen molar-refractivity contribution in [3.05, 3.63) is 24.3 Å². The Morgan fingerprint density at radius 2 is 2.00 bits per heavy atom. The molecule has 0 aliphatic rings. The van der Waals surface area contributed by atoms with Gasteiger partial charge in [0.1, 0.15) is 5.75 Å². The number of hydrogen-bond donors (Lipinski definition) is 1. The highest BCUT2D eigenvalue weighted by Crippen LogP contribution is 2.25. The van der Waals surface area contributed by atoms with Crippen LogP contribution >= 0.6 is 11.8 Å². The van der Waals surface area contributed by atoms with Crippen LogP contribution in [0, 0.1) is 0 Å². The second-order valence-corrected chi connectivity index (χ2v) is 5.13. The number of hydrogen-bond acceptors (Lipinski definition) is 4. The lowest BCUT2D eigenvalue weighted by atomic mass is 10.3. The van der Waals surface area contributed by atoms with Crippen LogP contribution in [0.25, 0.3) is 0 Å². The molecule has 0 saturated carbocycles. The number of nitrogens with one attached hydrogen (secondary N) is 1. The average Bonchev–Trinajstić information content (AvgIpc) is 2.39. The summed E-state index contributed by atoms with van der Waals surface area (Å²) in [5, 5.41) is 2.69. The minimum absolute atomic E-state index is 0.0212. The second-order valence-electron chi connectivity index (χ2n) is 3.72. The minimum atomic E-state index is -0.129. The maximum atomic E-state index is 11.7. The van der Waals surface area contributed by atoms with Crippen molar-refractivity contribution in [2.45, 2.75) is 17.1 Å². The van der Waals surface area contributed by atoms with Gasteiger partial charge in [0.05, 0.1) is 19.0 Å². The van der Waals surface area contributed by atoms with Crippen LogP contribution in [0.2, 0.25) is 0 Å². The van der Waals surface area contributed by atoms with Crippen molar-refractivity contribution < 1.29 is 14.3 Å². The van der Waals surface area contributed by atoms with Gasteiger partial charge in [0.2, 0.25) is 5.91 Å². The summed E-state index contributed by atoms with van der Waals surface area (Å²) in [6.45, 7) is 2.96. The van der Waals surface area contributed by atoms with E-state index in [0.717, 1.165) is 10.6 Å². The predicted octanol–water partition coefficient (Wildman–Crippen LogP) is 1.94. The highest BCUT2D eigenvalue weighted by Gasteiger charge is 2.13. The number of carbonyl (C=O) groups excluding carboxylic acids is 1. The van der Waals surface area contributed by atoms with Gasteiger partial charge in [-0.15, -0.1) is 11.8 Å². The fraction of sp³-hybridized carbons (Fsp3) is 0.462. The second kappa shape index (κ2) is 8.00. The Balaban J connectivity index is 2.42. The first-order valence-electron chi connectivity index (χ1n) is 5.74. The van der Waals surface area contributed by atoms with Gasteiger partial charge in [-0.2, -0.15) is 0 Å². The number of benzene rings is 1. The summed E-state index contributed by atoms with van der Waals surface area (Å²) in [7, 11) is 3.25. The van der Waals surface area contributed by atoms with Crippen LogP contribution in [-0.4, -0.2) is 38.5 Å². The summed E-state index contributed by atoms with van der Waals surface area (Å²) in [5.74, 6) is 0.837. The molecular weight excluding hydrogens is 250 g/mol. The summed E-state index contributed by atoms with van der Waals surface area (Å²) in [5.41, 5.74) is 0. The third kappa shape index (κ3) is 4.98. The minimum Gasteiger partial charge on any atom is -0.497 e. The third-order valence-corrected chi connectivity index (χ3v) is 3.46. The lowest BCUT2D eigenvalue weighted by Gasteiger charge is -2.12. The Morgan fingerprint density at radius 3 is 2.56 bits per heavy atom. The monoisotopic (exact) mass is 269 g/mol. The van der Waals surface area contributed by atoms with Gasteiger partial charge in [0.25, 0.3) is 0 Å². The molecule has 4 nitrogen and oxygen atoms in total. The van der Waals surface area contributed by atoms with Crippen LogP contribution in [0.5, 0.6) is 5.75 Å². The fourth-order valence-electron chi connectivity index (χ4n) is 1.33. The summed E-state index contributed by atoms with van der Waals surface area (Å²) in [6, 6.07) is 7.67. The van der Waals surface area contributed by atoms with Crippen LogP contribution in [0.4, 0.5) is 0 Å². The predicted molar refractivity (Wildman–Crippen MR) is 73.2 cm³/mol.